The molecule has 2 amide bonds. The van der Waals surface area contributed by atoms with Crippen molar-refractivity contribution in [2.45, 2.75) is 19.4 Å². The number of rotatable bonds is 6. The Kier molecular flexibility index (Phi) is 5.27. The number of nitrogens with one attached hydrogen (secondary N) is 2. The van der Waals surface area contributed by atoms with Gasteiger partial charge in [0.2, 0.25) is 18.6 Å². The van der Waals surface area contributed by atoms with E-state index in [2.05, 4.69) is 15.6 Å². The molecule has 0 spiro atoms. The predicted octanol–water partition coefficient (Wildman–Crippen LogP) is 3.81. The van der Waals surface area contributed by atoms with Crippen LogP contribution < -0.4 is 20.1 Å². The van der Waals surface area contributed by atoms with Gasteiger partial charge < -0.3 is 20.1 Å². The lowest BCUT2D eigenvalue weighted by Gasteiger charge is -2.15. The van der Waals surface area contributed by atoms with Crippen LogP contribution in [-0.4, -0.2) is 23.6 Å². The number of thiazole rings is 1. The molecule has 1 aliphatic heterocycles. The Morgan fingerprint density at radius 1 is 1.21 bits per heavy atom. The number of hydrogen-bond acceptors (Lipinski definition) is 7. The van der Waals surface area contributed by atoms with Crippen molar-refractivity contribution in [3.63, 3.8) is 0 Å². The summed E-state index contributed by atoms with van der Waals surface area (Å²) in [6.45, 7) is 1.66. The number of carbonyl (C=O) groups is 2. The standard InChI is InChI=1S/C19H17N3O4S2/c1-11(23)20-13(17-3-2-6-27-17)8-18(24)22-19-21-14(9-28-19)12-4-5-15-16(7-12)26-10-25-15/h2-7,9,13H,8,10H2,1H3,(H,20,23)(H,21,22,24). The summed E-state index contributed by atoms with van der Waals surface area (Å²) in [4.78, 5) is 29.4. The zero-order valence-electron chi connectivity index (χ0n) is 14.9. The Bertz CT molecular complexity index is 1000. The van der Waals surface area contributed by atoms with Gasteiger partial charge in [0.05, 0.1) is 18.2 Å². The van der Waals surface area contributed by atoms with Crippen LogP contribution in [-0.2, 0) is 9.59 Å². The van der Waals surface area contributed by atoms with E-state index in [4.69, 9.17) is 9.47 Å². The van der Waals surface area contributed by atoms with Gasteiger partial charge in [-0.05, 0) is 29.6 Å². The highest BCUT2D eigenvalue weighted by Crippen LogP contribution is 2.36. The summed E-state index contributed by atoms with van der Waals surface area (Å²) in [5.74, 6) is 1.01. The van der Waals surface area contributed by atoms with Crippen molar-refractivity contribution < 1.29 is 19.1 Å². The number of carbonyl (C=O) groups excluding carboxylic acids is 2. The molecule has 1 unspecified atom stereocenters. The van der Waals surface area contributed by atoms with Crippen LogP contribution >= 0.6 is 22.7 Å². The minimum absolute atomic E-state index is 0.138. The van der Waals surface area contributed by atoms with Crippen LogP contribution in [0.2, 0.25) is 0 Å². The summed E-state index contributed by atoms with van der Waals surface area (Å²) in [6, 6.07) is 9.05. The second kappa shape index (κ2) is 7.99. The second-order valence-electron chi connectivity index (χ2n) is 6.13. The van der Waals surface area contributed by atoms with E-state index in [1.807, 2.05) is 41.1 Å². The van der Waals surface area contributed by atoms with Gasteiger partial charge in [0.1, 0.15) is 0 Å². The molecule has 0 saturated carbocycles. The highest BCUT2D eigenvalue weighted by molar-refractivity contribution is 7.14. The molecule has 28 heavy (non-hydrogen) atoms. The van der Waals surface area contributed by atoms with E-state index < -0.39 is 0 Å². The van der Waals surface area contributed by atoms with Gasteiger partial charge in [0.15, 0.2) is 16.6 Å². The first kappa shape index (κ1) is 18.5. The van der Waals surface area contributed by atoms with Crippen molar-refractivity contribution in [3.8, 4) is 22.8 Å². The molecule has 9 heteroatoms. The zero-order valence-corrected chi connectivity index (χ0v) is 16.6. The molecule has 1 aliphatic rings. The lowest BCUT2D eigenvalue weighted by atomic mass is 10.1. The number of fused-ring (bicyclic) bond motifs is 1. The molecule has 0 bridgehead atoms. The van der Waals surface area contributed by atoms with Crippen molar-refractivity contribution in [2.24, 2.45) is 0 Å². The quantitative estimate of drug-likeness (QED) is 0.639. The Balaban J connectivity index is 1.43. The Labute approximate surface area is 169 Å². The van der Waals surface area contributed by atoms with Crippen LogP contribution in [0, 0.1) is 0 Å². The number of amides is 2. The average Bonchev–Trinajstić information content (AvgIpc) is 3.41. The maximum absolute atomic E-state index is 12.5. The molecule has 2 N–H and O–H groups in total. The number of aromatic nitrogens is 1. The molecular formula is C19H17N3O4S2. The molecule has 2 aromatic heterocycles. The average molecular weight is 415 g/mol. The fraction of sp³-hybridized carbons (Fsp3) is 0.211. The molecule has 0 radical (unpaired) electrons. The maximum atomic E-state index is 12.5. The Morgan fingerprint density at radius 3 is 2.86 bits per heavy atom. The van der Waals surface area contributed by atoms with Gasteiger partial charge in [-0.1, -0.05) is 6.07 Å². The summed E-state index contributed by atoms with van der Waals surface area (Å²) in [5, 5.41) is 9.93. The van der Waals surface area contributed by atoms with Gasteiger partial charge in [0, 0.05) is 22.7 Å². The number of ether oxygens (including phenoxy) is 2. The molecular weight excluding hydrogens is 398 g/mol. The molecule has 0 aliphatic carbocycles. The van der Waals surface area contributed by atoms with Crippen LogP contribution in [0.1, 0.15) is 24.3 Å². The SMILES string of the molecule is CC(=O)NC(CC(=O)Nc1nc(-c2ccc3c(c2)OCO3)cs1)c1cccs1. The number of thiophene rings is 1. The van der Waals surface area contributed by atoms with Gasteiger partial charge in [-0.3, -0.25) is 9.59 Å². The monoisotopic (exact) mass is 415 g/mol. The van der Waals surface area contributed by atoms with Gasteiger partial charge >= 0.3 is 0 Å². The first-order valence-electron chi connectivity index (χ1n) is 8.54. The summed E-state index contributed by atoms with van der Waals surface area (Å²) in [5.41, 5.74) is 1.63. The highest BCUT2D eigenvalue weighted by Gasteiger charge is 2.19. The minimum Gasteiger partial charge on any atom is -0.454 e. The largest absolute Gasteiger partial charge is 0.454 e. The van der Waals surface area contributed by atoms with E-state index in [-0.39, 0.29) is 31.1 Å². The van der Waals surface area contributed by atoms with E-state index in [9.17, 15) is 9.59 Å². The van der Waals surface area contributed by atoms with Gasteiger partial charge in [-0.2, -0.15) is 0 Å². The molecule has 0 saturated heterocycles. The lowest BCUT2D eigenvalue weighted by molar-refractivity contribution is -0.120. The van der Waals surface area contributed by atoms with Gasteiger partial charge in [0.25, 0.3) is 0 Å². The number of nitrogens with zero attached hydrogens (tertiary/aromatic N) is 1. The van der Waals surface area contributed by atoms with Crippen LogP contribution in [0.5, 0.6) is 11.5 Å². The van der Waals surface area contributed by atoms with Crippen LogP contribution in [0.15, 0.2) is 41.1 Å². The lowest BCUT2D eigenvalue weighted by Crippen LogP contribution is -2.29. The summed E-state index contributed by atoms with van der Waals surface area (Å²) in [6.07, 6.45) is 0.138. The summed E-state index contributed by atoms with van der Waals surface area (Å²) < 4.78 is 10.7. The van der Waals surface area contributed by atoms with Crippen LogP contribution in [0.25, 0.3) is 11.3 Å². The van der Waals surface area contributed by atoms with Crippen molar-refractivity contribution in [3.05, 3.63) is 46.0 Å². The first-order valence-corrected chi connectivity index (χ1v) is 10.3. The third-order valence-corrected chi connectivity index (χ3v) is 5.82. The van der Waals surface area contributed by atoms with Crippen LogP contribution in [0.3, 0.4) is 0 Å². The van der Waals surface area contributed by atoms with Gasteiger partial charge in [-0.25, -0.2) is 4.98 Å². The van der Waals surface area contributed by atoms with Crippen molar-refractivity contribution >= 4 is 39.6 Å². The van der Waals surface area contributed by atoms with E-state index in [0.29, 0.717) is 16.6 Å². The smallest absolute Gasteiger partial charge is 0.231 e. The molecule has 4 rings (SSSR count). The first-order chi connectivity index (χ1) is 13.6. The van der Waals surface area contributed by atoms with E-state index in [0.717, 1.165) is 16.1 Å². The van der Waals surface area contributed by atoms with E-state index in [1.54, 1.807) is 0 Å². The Hall–Kier alpha value is -2.91. The van der Waals surface area contributed by atoms with Crippen molar-refractivity contribution in [1.29, 1.82) is 0 Å². The van der Waals surface area contributed by atoms with Crippen molar-refractivity contribution in [1.82, 2.24) is 10.3 Å². The summed E-state index contributed by atoms with van der Waals surface area (Å²) >= 11 is 2.85. The van der Waals surface area contributed by atoms with E-state index >= 15 is 0 Å². The molecule has 1 aromatic carbocycles. The molecule has 1 atom stereocenters. The van der Waals surface area contributed by atoms with Gasteiger partial charge in [-0.15, -0.1) is 22.7 Å². The molecule has 3 heterocycles. The van der Waals surface area contributed by atoms with Crippen molar-refractivity contribution in [2.75, 3.05) is 12.1 Å². The maximum Gasteiger partial charge on any atom is 0.231 e. The third kappa shape index (κ3) is 4.15. The molecule has 7 nitrogen and oxygen atoms in total. The third-order valence-electron chi connectivity index (χ3n) is 4.07. The van der Waals surface area contributed by atoms with E-state index in [1.165, 1.54) is 29.6 Å². The molecule has 144 valence electrons. The normalized spacial score (nSPS) is 13.2. The minimum atomic E-state index is -0.356. The Morgan fingerprint density at radius 2 is 2.07 bits per heavy atom. The zero-order chi connectivity index (χ0) is 19.5. The molecule has 3 aromatic rings. The number of anilines is 1. The number of hydrogen-bond donors (Lipinski definition) is 2. The fourth-order valence-electron chi connectivity index (χ4n) is 2.83. The second-order valence-corrected chi connectivity index (χ2v) is 7.96. The highest BCUT2D eigenvalue weighted by atomic mass is 32.1. The topological polar surface area (TPSA) is 89.6 Å². The molecule has 0 fully saturated rings. The number of benzene rings is 1. The predicted molar refractivity (Wildman–Crippen MR) is 108 cm³/mol. The fourth-order valence-corrected chi connectivity index (χ4v) is 4.35. The summed E-state index contributed by atoms with van der Waals surface area (Å²) in [7, 11) is 0. The van der Waals surface area contributed by atoms with Crippen LogP contribution in [0.4, 0.5) is 5.13 Å².